The molecule has 0 fully saturated rings. The summed E-state index contributed by atoms with van der Waals surface area (Å²) in [6.45, 7) is 1.59. The Hall–Kier alpha value is -2.62. The summed E-state index contributed by atoms with van der Waals surface area (Å²) in [4.78, 5) is 24.4. The Labute approximate surface area is 154 Å². The van der Waals surface area contributed by atoms with Gasteiger partial charge in [0.25, 0.3) is 5.91 Å². The first-order valence-corrected chi connectivity index (χ1v) is 9.32. The number of phenolic OH excluding ortho intramolecular Hbond substituents is 1. The van der Waals surface area contributed by atoms with Gasteiger partial charge in [-0.1, -0.05) is 11.6 Å². The lowest BCUT2D eigenvalue weighted by Gasteiger charge is -2.24. The summed E-state index contributed by atoms with van der Waals surface area (Å²) < 4.78 is 23.1. The molecular weight excluding hydrogens is 382 g/mol. The summed E-state index contributed by atoms with van der Waals surface area (Å²) in [7, 11) is -4.10. The highest BCUT2D eigenvalue weighted by Crippen LogP contribution is 2.33. The lowest BCUT2D eigenvalue weighted by Crippen LogP contribution is -2.47. The number of phenols is 1. The van der Waals surface area contributed by atoms with Crippen LogP contribution in [-0.4, -0.2) is 31.3 Å². The highest BCUT2D eigenvalue weighted by molar-refractivity contribution is 7.89. The first-order valence-electron chi connectivity index (χ1n) is 7.39. The summed E-state index contributed by atoms with van der Waals surface area (Å²) in [5, 5.41) is 15.9. The molecule has 0 aromatic heterocycles. The molecule has 0 bridgehead atoms. The number of amides is 1. The molecule has 8 nitrogen and oxygen atoms in total. The first-order chi connectivity index (χ1) is 12.1. The van der Waals surface area contributed by atoms with Crippen molar-refractivity contribution in [2.45, 2.75) is 17.9 Å². The number of hydrogen-bond acceptors (Lipinski definition) is 6. The second kappa shape index (κ2) is 6.27. The van der Waals surface area contributed by atoms with Gasteiger partial charge >= 0.3 is 0 Å². The number of sulfonamides is 1. The fourth-order valence-electron chi connectivity index (χ4n) is 2.68. The van der Waals surface area contributed by atoms with Gasteiger partial charge in [-0.05, 0) is 43.3 Å². The summed E-state index contributed by atoms with van der Waals surface area (Å²) in [6, 6.07) is 7.18. The van der Waals surface area contributed by atoms with Crippen molar-refractivity contribution in [1.29, 1.82) is 0 Å². The number of hydrogen-bond donors (Lipinski definition) is 3. The zero-order chi connectivity index (χ0) is 19.2. The molecule has 2 aromatic carbocycles. The largest absolute Gasteiger partial charge is 0.508 e. The maximum Gasteiger partial charge on any atom is 0.269 e. The topological polar surface area (TPSA) is 130 Å². The molecule has 2 aromatic rings. The van der Waals surface area contributed by atoms with E-state index in [0.29, 0.717) is 5.69 Å². The van der Waals surface area contributed by atoms with Gasteiger partial charge in [0.05, 0.1) is 10.7 Å². The highest BCUT2D eigenvalue weighted by atomic mass is 35.5. The van der Waals surface area contributed by atoms with Gasteiger partial charge in [-0.15, -0.1) is 0 Å². The van der Waals surface area contributed by atoms with E-state index < -0.39 is 22.0 Å². The molecule has 3 rings (SSSR count). The van der Waals surface area contributed by atoms with E-state index in [1.165, 1.54) is 35.3 Å². The summed E-state index contributed by atoms with van der Waals surface area (Å²) in [6.07, 6.45) is 0. The van der Waals surface area contributed by atoms with Crippen LogP contribution in [-0.2, 0) is 10.0 Å². The van der Waals surface area contributed by atoms with Crippen LogP contribution in [0.25, 0.3) is 0 Å². The number of aromatic hydroxyl groups is 1. The van der Waals surface area contributed by atoms with Crippen LogP contribution in [0, 0.1) is 0 Å². The molecule has 136 valence electrons. The number of halogens is 1. The molecule has 1 aliphatic rings. The van der Waals surface area contributed by atoms with E-state index in [1.807, 2.05) is 0 Å². The number of Topliss-reactive ketones (excluding diaryl/α,β-unsaturated/α-hetero) is 1. The molecule has 1 amide bonds. The lowest BCUT2D eigenvalue weighted by molar-refractivity contribution is 0.0930. The van der Waals surface area contributed by atoms with E-state index in [4.69, 9.17) is 16.7 Å². The minimum absolute atomic E-state index is 0.00491. The number of carbonyl (C=O) groups excluding carboxylic acids is 2. The van der Waals surface area contributed by atoms with Crippen LogP contribution >= 0.6 is 11.6 Å². The lowest BCUT2D eigenvalue weighted by atomic mass is 10.1. The van der Waals surface area contributed by atoms with Crippen LogP contribution in [0.1, 0.15) is 27.6 Å². The summed E-state index contributed by atoms with van der Waals surface area (Å²) >= 11 is 5.81. The first kappa shape index (κ1) is 18.2. The van der Waals surface area contributed by atoms with E-state index in [9.17, 15) is 23.1 Å². The predicted octanol–water partition coefficient (Wildman–Crippen LogP) is 1.43. The van der Waals surface area contributed by atoms with Gasteiger partial charge in [0.15, 0.2) is 5.78 Å². The maximum atomic E-state index is 12.5. The van der Waals surface area contributed by atoms with Crippen molar-refractivity contribution in [1.82, 2.24) is 5.43 Å². The molecule has 0 unspecified atom stereocenters. The Morgan fingerprint density at radius 3 is 2.62 bits per heavy atom. The van der Waals surface area contributed by atoms with Crippen molar-refractivity contribution in [2.75, 3.05) is 5.01 Å². The SMILES string of the molecule is C[C@H]1C(=O)c2cc(O)ccc2N1NC(=O)c1ccc(Cl)c(S(N)(=O)=O)c1. The van der Waals surface area contributed by atoms with Crippen LogP contribution in [0.2, 0.25) is 5.02 Å². The van der Waals surface area contributed by atoms with Gasteiger partial charge in [0, 0.05) is 11.1 Å². The van der Waals surface area contributed by atoms with Crippen molar-refractivity contribution in [3.63, 3.8) is 0 Å². The second-order valence-electron chi connectivity index (χ2n) is 5.74. The Balaban J connectivity index is 1.93. The molecule has 0 saturated carbocycles. The fourth-order valence-corrected chi connectivity index (χ4v) is 3.75. The molecule has 26 heavy (non-hydrogen) atoms. The number of primary sulfonamides is 1. The Morgan fingerprint density at radius 2 is 1.96 bits per heavy atom. The molecule has 0 spiro atoms. The smallest absolute Gasteiger partial charge is 0.269 e. The minimum Gasteiger partial charge on any atom is -0.508 e. The van der Waals surface area contributed by atoms with Crippen molar-refractivity contribution < 1.29 is 23.1 Å². The number of nitrogens with zero attached hydrogens (tertiary/aromatic N) is 1. The zero-order valence-corrected chi connectivity index (χ0v) is 15.0. The average Bonchev–Trinajstić information content (AvgIpc) is 2.79. The van der Waals surface area contributed by atoms with Crippen molar-refractivity contribution >= 4 is 39.0 Å². The fraction of sp³-hybridized carbons (Fsp3) is 0.125. The van der Waals surface area contributed by atoms with Crippen molar-refractivity contribution in [2.24, 2.45) is 5.14 Å². The third-order valence-corrected chi connectivity index (χ3v) is 5.39. The monoisotopic (exact) mass is 395 g/mol. The molecule has 1 heterocycles. The van der Waals surface area contributed by atoms with Gasteiger partial charge in [0.1, 0.15) is 16.7 Å². The minimum atomic E-state index is -4.10. The predicted molar refractivity (Wildman–Crippen MR) is 94.7 cm³/mol. The zero-order valence-electron chi connectivity index (χ0n) is 13.4. The van der Waals surface area contributed by atoms with E-state index in [-0.39, 0.29) is 32.6 Å². The number of fused-ring (bicyclic) bond motifs is 1. The molecule has 4 N–H and O–H groups in total. The standard InChI is InChI=1S/C16H14ClN3O5S/c1-8-15(22)11-7-10(21)3-5-13(11)20(8)19-16(23)9-2-4-12(17)14(6-9)26(18,24)25/h2-8,21H,1H3,(H,19,23)(H2,18,24,25)/t8-/m0/s1. The van der Waals surface area contributed by atoms with Crippen molar-refractivity contribution in [3.8, 4) is 5.75 Å². The van der Waals surface area contributed by atoms with Crippen LogP contribution in [0.15, 0.2) is 41.3 Å². The van der Waals surface area contributed by atoms with Crippen molar-refractivity contribution in [3.05, 3.63) is 52.5 Å². The van der Waals surface area contributed by atoms with E-state index in [1.54, 1.807) is 6.92 Å². The summed E-state index contributed by atoms with van der Waals surface area (Å²) in [5.74, 6) is -0.974. The molecule has 0 radical (unpaired) electrons. The third kappa shape index (κ3) is 3.12. The number of anilines is 1. The molecule has 0 aliphatic carbocycles. The number of ketones is 1. The summed E-state index contributed by atoms with van der Waals surface area (Å²) in [5.41, 5.74) is 3.27. The normalized spacial score (nSPS) is 16.5. The number of rotatable bonds is 3. The average molecular weight is 396 g/mol. The Morgan fingerprint density at radius 1 is 1.27 bits per heavy atom. The van der Waals surface area contributed by atoms with Gasteiger partial charge in [-0.2, -0.15) is 0 Å². The number of nitrogens with two attached hydrogens (primary N) is 1. The molecular formula is C16H14ClN3O5S. The third-order valence-electron chi connectivity index (χ3n) is 3.99. The van der Waals surface area contributed by atoms with Gasteiger partial charge in [-0.25, -0.2) is 13.6 Å². The van der Waals surface area contributed by atoms with Gasteiger partial charge in [0.2, 0.25) is 10.0 Å². The molecule has 1 atom stereocenters. The molecule has 0 saturated heterocycles. The second-order valence-corrected chi connectivity index (χ2v) is 7.68. The Kier molecular flexibility index (Phi) is 4.39. The number of nitrogens with one attached hydrogen (secondary N) is 1. The van der Waals surface area contributed by atoms with E-state index >= 15 is 0 Å². The molecule has 10 heteroatoms. The quantitative estimate of drug-likeness (QED) is 0.720. The van der Waals surface area contributed by atoms with Crippen LogP contribution in [0.5, 0.6) is 5.75 Å². The van der Waals surface area contributed by atoms with Gasteiger partial charge in [-0.3, -0.25) is 20.0 Å². The van der Waals surface area contributed by atoms with Crippen LogP contribution < -0.4 is 15.6 Å². The van der Waals surface area contributed by atoms with Crippen LogP contribution in [0.4, 0.5) is 5.69 Å². The number of hydrazine groups is 1. The number of benzene rings is 2. The van der Waals surface area contributed by atoms with E-state index in [2.05, 4.69) is 5.43 Å². The Bertz CT molecular complexity index is 1040. The van der Waals surface area contributed by atoms with Gasteiger partial charge < -0.3 is 5.11 Å². The maximum absolute atomic E-state index is 12.5. The highest BCUT2D eigenvalue weighted by Gasteiger charge is 2.35. The number of carbonyl (C=O) groups is 2. The molecule has 1 aliphatic heterocycles. The van der Waals surface area contributed by atoms with E-state index in [0.717, 1.165) is 6.07 Å². The van der Waals surface area contributed by atoms with Crippen LogP contribution in [0.3, 0.4) is 0 Å².